The fourth-order valence-electron chi connectivity index (χ4n) is 7.28. The van der Waals surface area contributed by atoms with Gasteiger partial charge in [-0.25, -0.2) is 0 Å². The van der Waals surface area contributed by atoms with Crippen molar-refractivity contribution < 1.29 is 14.5 Å². The minimum atomic E-state index is -0.369. The first-order valence-corrected chi connectivity index (χ1v) is 11.9. The highest BCUT2D eigenvalue weighted by atomic mass is 16.6. The van der Waals surface area contributed by atoms with Crippen LogP contribution in [0.2, 0.25) is 0 Å². The fourth-order valence-corrected chi connectivity index (χ4v) is 7.28. The largest absolute Gasteiger partial charge is 0.362 e. The molecule has 6 rings (SSSR count). The first-order valence-electron chi connectivity index (χ1n) is 11.9. The zero-order valence-electron chi connectivity index (χ0n) is 18.5. The van der Waals surface area contributed by atoms with Gasteiger partial charge in [-0.3, -0.25) is 19.7 Å². The number of piperazine rings is 1. The molecule has 0 unspecified atom stereocenters. The SMILES string of the molecule is O=C(CC12CC3CC(CC(C3)C1)C2)NCC(=O)N1CCN(c2ccccc2[N+](=O)[O-])CC1. The Morgan fingerprint density at radius 3 is 2.19 bits per heavy atom. The monoisotopic (exact) mass is 440 g/mol. The Hall–Kier alpha value is -2.64. The summed E-state index contributed by atoms with van der Waals surface area (Å²) in [5, 5.41) is 14.2. The van der Waals surface area contributed by atoms with Crippen LogP contribution in [0, 0.1) is 33.3 Å². The number of anilines is 1. The van der Waals surface area contributed by atoms with Crippen molar-refractivity contribution in [1.29, 1.82) is 0 Å². The van der Waals surface area contributed by atoms with E-state index < -0.39 is 0 Å². The average molecular weight is 441 g/mol. The first kappa shape index (κ1) is 21.2. The minimum Gasteiger partial charge on any atom is -0.362 e. The molecule has 1 aliphatic heterocycles. The average Bonchev–Trinajstić information content (AvgIpc) is 2.76. The lowest BCUT2D eigenvalue weighted by Crippen LogP contribution is -2.52. The van der Waals surface area contributed by atoms with E-state index in [4.69, 9.17) is 0 Å². The van der Waals surface area contributed by atoms with Crippen molar-refractivity contribution in [3.8, 4) is 0 Å². The van der Waals surface area contributed by atoms with E-state index >= 15 is 0 Å². The van der Waals surface area contributed by atoms with Gasteiger partial charge in [-0.1, -0.05) is 12.1 Å². The van der Waals surface area contributed by atoms with Crippen molar-refractivity contribution >= 4 is 23.2 Å². The molecule has 4 bridgehead atoms. The predicted molar refractivity (Wildman–Crippen MR) is 120 cm³/mol. The van der Waals surface area contributed by atoms with E-state index in [1.54, 1.807) is 23.1 Å². The van der Waals surface area contributed by atoms with Crippen molar-refractivity contribution in [2.75, 3.05) is 37.6 Å². The number of nitrogens with zero attached hydrogens (tertiary/aromatic N) is 3. The molecule has 8 heteroatoms. The standard InChI is InChI=1S/C24H32N4O4/c29-22(15-24-12-17-9-18(13-24)11-19(10-17)14-24)25-16-23(30)27-7-5-26(6-8-27)20-3-1-2-4-21(20)28(31)32/h1-4,17-19H,5-16H2,(H,25,29). The van der Waals surface area contributed by atoms with Crippen molar-refractivity contribution in [2.24, 2.45) is 23.2 Å². The van der Waals surface area contributed by atoms with Gasteiger partial charge in [0.15, 0.2) is 0 Å². The molecule has 172 valence electrons. The third-order valence-corrected chi connectivity index (χ3v) is 8.19. The summed E-state index contributed by atoms with van der Waals surface area (Å²) in [6.07, 6.45) is 8.21. The van der Waals surface area contributed by atoms with E-state index in [9.17, 15) is 19.7 Å². The number of para-hydroxylation sites is 2. The first-order chi connectivity index (χ1) is 15.4. The van der Waals surface area contributed by atoms with Crippen LogP contribution in [0.25, 0.3) is 0 Å². The molecule has 2 amide bonds. The highest BCUT2D eigenvalue weighted by Crippen LogP contribution is 2.61. The van der Waals surface area contributed by atoms with E-state index in [1.165, 1.54) is 44.6 Å². The van der Waals surface area contributed by atoms with Crippen LogP contribution >= 0.6 is 0 Å². The summed E-state index contributed by atoms with van der Waals surface area (Å²) in [4.78, 5) is 40.0. The number of rotatable bonds is 6. The van der Waals surface area contributed by atoms with Crippen LogP contribution < -0.4 is 10.2 Å². The van der Waals surface area contributed by atoms with Crippen molar-refractivity contribution in [3.63, 3.8) is 0 Å². The lowest BCUT2D eigenvalue weighted by atomic mass is 9.49. The highest BCUT2D eigenvalue weighted by molar-refractivity contribution is 5.85. The van der Waals surface area contributed by atoms with Crippen LogP contribution in [0.3, 0.4) is 0 Å². The number of carbonyl (C=O) groups excluding carboxylic acids is 2. The Morgan fingerprint density at radius 2 is 1.59 bits per heavy atom. The van der Waals surface area contributed by atoms with Crippen molar-refractivity contribution in [2.45, 2.75) is 44.9 Å². The van der Waals surface area contributed by atoms with Gasteiger partial charge in [0.25, 0.3) is 5.69 Å². The van der Waals surface area contributed by atoms with Crippen LogP contribution in [-0.4, -0.2) is 54.4 Å². The molecule has 0 aromatic heterocycles. The summed E-state index contributed by atoms with van der Waals surface area (Å²) in [5.74, 6) is 2.37. The number of hydrogen-bond donors (Lipinski definition) is 1. The Balaban J connectivity index is 1.10. The zero-order chi connectivity index (χ0) is 22.3. The molecule has 32 heavy (non-hydrogen) atoms. The summed E-state index contributed by atoms with van der Waals surface area (Å²) in [5.41, 5.74) is 0.857. The fraction of sp³-hybridized carbons (Fsp3) is 0.667. The smallest absolute Gasteiger partial charge is 0.292 e. The topological polar surface area (TPSA) is 95.8 Å². The normalized spacial score (nSPS) is 30.9. The van der Waals surface area contributed by atoms with Gasteiger partial charge in [0.2, 0.25) is 11.8 Å². The molecule has 4 aliphatic carbocycles. The molecule has 5 fully saturated rings. The second-order valence-corrected chi connectivity index (χ2v) is 10.5. The lowest BCUT2D eigenvalue weighted by molar-refractivity contribution is -0.384. The highest BCUT2D eigenvalue weighted by Gasteiger charge is 2.51. The summed E-state index contributed by atoms with van der Waals surface area (Å²) < 4.78 is 0. The van der Waals surface area contributed by atoms with Gasteiger partial charge in [0.05, 0.1) is 11.5 Å². The maximum Gasteiger partial charge on any atom is 0.292 e. The Morgan fingerprint density at radius 1 is 1.00 bits per heavy atom. The van der Waals surface area contributed by atoms with Crippen LogP contribution in [0.15, 0.2) is 24.3 Å². The maximum atomic E-state index is 12.7. The van der Waals surface area contributed by atoms with Gasteiger partial charge in [-0.05, 0) is 67.8 Å². The number of nitro groups is 1. The van der Waals surface area contributed by atoms with E-state index in [1.807, 2.05) is 4.90 Å². The molecule has 1 aromatic rings. The zero-order valence-corrected chi connectivity index (χ0v) is 18.5. The minimum absolute atomic E-state index is 0.0128. The molecule has 1 heterocycles. The Bertz CT molecular complexity index is 874. The van der Waals surface area contributed by atoms with Gasteiger partial charge in [-0.15, -0.1) is 0 Å². The summed E-state index contributed by atoms with van der Waals surface area (Å²) in [6.45, 7) is 2.11. The lowest BCUT2D eigenvalue weighted by Gasteiger charge is -2.56. The van der Waals surface area contributed by atoms with Crippen LogP contribution in [-0.2, 0) is 9.59 Å². The number of amides is 2. The third-order valence-electron chi connectivity index (χ3n) is 8.19. The van der Waals surface area contributed by atoms with Gasteiger partial charge >= 0.3 is 0 Å². The number of benzene rings is 1. The van der Waals surface area contributed by atoms with Gasteiger partial charge in [0, 0.05) is 38.7 Å². The number of nitrogens with one attached hydrogen (secondary N) is 1. The summed E-state index contributed by atoms with van der Waals surface area (Å²) in [7, 11) is 0. The molecule has 4 saturated carbocycles. The van der Waals surface area contributed by atoms with E-state index in [0.717, 1.165) is 17.8 Å². The third kappa shape index (κ3) is 4.19. The second kappa shape index (κ2) is 8.37. The molecule has 0 radical (unpaired) electrons. The summed E-state index contributed by atoms with van der Waals surface area (Å²) >= 11 is 0. The van der Waals surface area contributed by atoms with Gasteiger partial charge in [-0.2, -0.15) is 0 Å². The molecular formula is C24H32N4O4. The van der Waals surface area contributed by atoms with Crippen molar-refractivity contribution in [1.82, 2.24) is 10.2 Å². The van der Waals surface area contributed by atoms with Gasteiger partial charge in [0.1, 0.15) is 5.69 Å². The Kier molecular flexibility index (Phi) is 5.55. The van der Waals surface area contributed by atoms with E-state index in [2.05, 4.69) is 5.32 Å². The van der Waals surface area contributed by atoms with Crippen molar-refractivity contribution in [3.05, 3.63) is 34.4 Å². The number of carbonyl (C=O) groups is 2. The molecule has 8 nitrogen and oxygen atoms in total. The maximum absolute atomic E-state index is 12.7. The molecule has 1 aromatic carbocycles. The summed E-state index contributed by atoms with van der Waals surface area (Å²) in [6, 6.07) is 6.71. The van der Waals surface area contributed by atoms with E-state index in [-0.39, 0.29) is 34.4 Å². The predicted octanol–water partition coefficient (Wildman–Crippen LogP) is 2.97. The van der Waals surface area contributed by atoms with Crippen LogP contribution in [0.4, 0.5) is 11.4 Å². The molecule has 0 spiro atoms. The van der Waals surface area contributed by atoms with Crippen LogP contribution in [0.1, 0.15) is 44.9 Å². The second-order valence-electron chi connectivity index (χ2n) is 10.5. The molecule has 1 N–H and O–H groups in total. The molecule has 5 aliphatic rings. The van der Waals surface area contributed by atoms with E-state index in [0.29, 0.717) is 38.3 Å². The molecule has 1 saturated heterocycles. The van der Waals surface area contributed by atoms with Crippen LogP contribution in [0.5, 0.6) is 0 Å². The molecule has 0 atom stereocenters. The number of hydrogen-bond acceptors (Lipinski definition) is 5. The quantitative estimate of drug-likeness (QED) is 0.542. The molecular weight excluding hydrogens is 408 g/mol. The van der Waals surface area contributed by atoms with Gasteiger partial charge < -0.3 is 15.1 Å². The number of nitro benzene ring substituents is 1. The Labute approximate surface area is 188 Å².